The lowest BCUT2D eigenvalue weighted by molar-refractivity contribution is 0.0219. The fraction of sp³-hybridized carbons (Fsp3) is 0.522. The van der Waals surface area contributed by atoms with E-state index in [-0.39, 0.29) is 16.9 Å². The van der Waals surface area contributed by atoms with E-state index in [9.17, 15) is 13.5 Å². The highest BCUT2D eigenvalue weighted by molar-refractivity contribution is 7.89. The second-order valence-electron chi connectivity index (χ2n) is 9.20. The number of likely N-dealkylation sites (N-methyl/N-ethyl adjacent to an activating group) is 1. The van der Waals surface area contributed by atoms with Crippen molar-refractivity contribution in [2.45, 2.75) is 23.8 Å². The van der Waals surface area contributed by atoms with Gasteiger partial charge in [-0.05, 0) is 63.8 Å². The van der Waals surface area contributed by atoms with Gasteiger partial charge in [0.15, 0.2) is 0 Å². The van der Waals surface area contributed by atoms with Crippen molar-refractivity contribution >= 4 is 10.0 Å². The van der Waals surface area contributed by atoms with Gasteiger partial charge in [0.2, 0.25) is 10.0 Å². The number of sulfonamides is 1. The molecule has 4 rings (SSSR count). The van der Waals surface area contributed by atoms with Crippen LogP contribution in [0.2, 0.25) is 0 Å². The van der Waals surface area contributed by atoms with E-state index in [2.05, 4.69) is 26.6 Å². The molecule has 0 amide bonds. The molecule has 0 saturated carbocycles. The van der Waals surface area contributed by atoms with Gasteiger partial charge in [-0.3, -0.25) is 4.98 Å². The van der Waals surface area contributed by atoms with Crippen LogP contribution in [0.25, 0.3) is 11.1 Å². The third kappa shape index (κ3) is 5.29. The second kappa shape index (κ2) is 9.44. The van der Waals surface area contributed by atoms with Crippen molar-refractivity contribution in [3.05, 3.63) is 42.7 Å². The molecular formula is C23H32N4O4S. The van der Waals surface area contributed by atoms with Gasteiger partial charge in [0, 0.05) is 43.0 Å². The minimum Gasteiger partial charge on any atom is -0.492 e. The Kier molecular flexibility index (Phi) is 6.83. The number of ether oxygens (including phenoxy) is 1. The Morgan fingerprint density at radius 1 is 1.16 bits per heavy atom. The molecule has 0 aliphatic carbocycles. The van der Waals surface area contributed by atoms with Gasteiger partial charge >= 0.3 is 0 Å². The molecule has 0 bridgehead atoms. The van der Waals surface area contributed by atoms with Gasteiger partial charge in [-0.2, -0.15) is 0 Å². The summed E-state index contributed by atoms with van der Waals surface area (Å²) in [6.45, 7) is 3.46. The largest absolute Gasteiger partial charge is 0.492 e. The number of pyridine rings is 1. The molecule has 3 heterocycles. The minimum atomic E-state index is -3.85. The molecule has 1 atom stereocenters. The van der Waals surface area contributed by atoms with Crippen molar-refractivity contribution in [2.24, 2.45) is 5.41 Å². The number of aliphatic hydroxyl groups excluding tert-OH is 1. The van der Waals surface area contributed by atoms with Gasteiger partial charge in [0.1, 0.15) is 10.6 Å². The maximum Gasteiger partial charge on any atom is 0.244 e. The molecule has 1 unspecified atom stereocenters. The van der Waals surface area contributed by atoms with E-state index in [0.717, 1.165) is 43.6 Å². The number of hydrogen-bond donors (Lipinski definition) is 2. The number of likely N-dealkylation sites (tertiary alicyclic amines) is 1. The van der Waals surface area contributed by atoms with Crippen molar-refractivity contribution in [2.75, 3.05) is 53.4 Å². The maximum atomic E-state index is 13.1. The number of rotatable bonds is 1. The Labute approximate surface area is 190 Å². The van der Waals surface area contributed by atoms with Crippen molar-refractivity contribution in [3.63, 3.8) is 0 Å². The zero-order valence-electron chi connectivity index (χ0n) is 18.7. The van der Waals surface area contributed by atoms with Gasteiger partial charge < -0.3 is 19.6 Å². The Morgan fingerprint density at radius 2 is 1.94 bits per heavy atom. The number of aliphatic hydroxyl groups is 1. The summed E-state index contributed by atoms with van der Waals surface area (Å²) in [6, 6.07) is 8.89. The number of nitrogens with zero attached hydrogens (tertiary/aromatic N) is 3. The Balaban J connectivity index is 1.73. The first-order valence-corrected chi connectivity index (χ1v) is 12.5. The molecule has 1 aromatic carbocycles. The molecular weight excluding hydrogens is 428 g/mol. The van der Waals surface area contributed by atoms with E-state index in [1.54, 1.807) is 30.6 Å². The quantitative estimate of drug-likeness (QED) is 0.665. The SMILES string of the molecule is CN1CCC2(CC1)COc1cc(-c3cccnc3)ccc1S(=O)(=O)NCC(O)CN(C)C2. The first-order chi connectivity index (χ1) is 15.3. The van der Waals surface area contributed by atoms with E-state index in [4.69, 9.17) is 4.74 Å². The number of aromatic nitrogens is 1. The molecule has 2 aliphatic heterocycles. The number of piperidine rings is 1. The predicted molar refractivity (Wildman–Crippen MR) is 123 cm³/mol. The summed E-state index contributed by atoms with van der Waals surface area (Å²) < 4.78 is 35.0. The van der Waals surface area contributed by atoms with Crippen LogP contribution < -0.4 is 9.46 Å². The molecule has 2 aliphatic rings. The molecule has 2 N–H and O–H groups in total. The molecule has 32 heavy (non-hydrogen) atoms. The van der Waals surface area contributed by atoms with Crippen LogP contribution in [0.15, 0.2) is 47.6 Å². The third-order valence-corrected chi connectivity index (χ3v) is 7.91. The number of fused-ring (bicyclic) bond motifs is 1. The average Bonchev–Trinajstić information content (AvgIpc) is 2.78. The van der Waals surface area contributed by atoms with Crippen molar-refractivity contribution in [1.29, 1.82) is 0 Å². The molecule has 8 nitrogen and oxygen atoms in total. The Morgan fingerprint density at radius 3 is 2.66 bits per heavy atom. The van der Waals surface area contributed by atoms with E-state index < -0.39 is 16.1 Å². The van der Waals surface area contributed by atoms with Gasteiger partial charge in [0.25, 0.3) is 0 Å². The molecule has 9 heteroatoms. The number of nitrogens with one attached hydrogen (secondary N) is 1. The lowest BCUT2D eigenvalue weighted by Crippen LogP contribution is -2.50. The summed E-state index contributed by atoms with van der Waals surface area (Å²) in [5.41, 5.74) is 1.62. The summed E-state index contributed by atoms with van der Waals surface area (Å²) in [4.78, 5) is 8.65. The van der Waals surface area contributed by atoms with Crippen molar-refractivity contribution < 1.29 is 18.3 Å². The molecule has 2 aromatic rings. The average molecular weight is 461 g/mol. The third-order valence-electron chi connectivity index (χ3n) is 6.45. The van der Waals surface area contributed by atoms with Crippen LogP contribution >= 0.6 is 0 Å². The van der Waals surface area contributed by atoms with Gasteiger partial charge in [0.05, 0.1) is 12.7 Å². The molecule has 1 aromatic heterocycles. The summed E-state index contributed by atoms with van der Waals surface area (Å²) in [5.74, 6) is 0.329. The zero-order valence-corrected chi connectivity index (χ0v) is 19.5. The highest BCUT2D eigenvalue weighted by atomic mass is 32.2. The second-order valence-corrected chi connectivity index (χ2v) is 10.9. The Hall–Kier alpha value is -2.04. The smallest absolute Gasteiger partial charge is 0.244 e. The fourth-order valence-electron chi connectivity index (χ4n) is 4.57. The van der Waals surface area contributed by atoms with Crippen molar-refractivity contribution in [3.8, 4) is 16.9 Å². The standard InChI is InChI=1S/C23H32N4O4S/c1-26-10-7-23(8-11-26)16-27(2)15-20(28)14-25-32(29,30)22-6-5-18(12-21(22)31-17-23)19-4-3-9-24-13-19/h3-6,9,12-13,20,25,28H,7-8,10-11,14-17H2,1-2H3. The summed E-state index contributed by atoms with van der Waals surface area (Å²) in [5, 5.41) is 10.5. The fourth-order valence-corrected chi connectivity index (χ4v) is 5.77. The zero-order chi connectivity index (χ0) is 22.8. The number of β-amino-alcohol motifs (C(OH)–C–C–N with tert-alkyl or cyclic N) is 1. The molecule has 1 spiro atoms. The van der Waals surface area contributed by atoms with E-state index >= 15 is 0 Å². The molecule has 174 valence electrons. The van der Waals surface area contributed by atoms with Crippen LogP contribution in [0.1, 0.15) is 12.8 Å². The van der Waals surface area contributed by atoms with E-state index in [1.807, 2.05) is 19.2 Å². The molecule has 1 saturated heterocycles. The van der Waals surface area contributed by atoms with Crippen LogP contribution in [0.4, 0.5) is 0 Å². The van der Waals surface area contributed by atoms with Gasteiger partial charge in [-0.25, -0.2) is 13.1 Å². The highest BCUT2D eigenvalue weighted by Gasteiger charge is 2.37. The van der Waals surface area contributed by atoms with Crippen LogP contribution in [0.5, 0.6) is 5.75 Å². The number of benzene rings is 1. The minimum absolute atomic E-state index is 0.0494. The highest BCUT2D eigenvalue weighted by Crippen LogP contribution is 2.36. The predicted octanol–water partition coefficient (Wildman–Crippen LogP) is 1.42. The van der Waals surface area contributed by atoms with Crippen LogP contribution in [-0.4, -0.2) is 87.8 Å². The van der Waals surface area contributed by atoms with Crippen LogP contribution in [0.3, 0.4) is 0 Å². The molecule has 1 fully saturated rings. The number of hydrogen-bond acceptors (Lipinski definition) is 7. The van der Waals surface area contributed by atoms with E-state index in [0.29, 0.717) is 18.9 Å². The van der Waals surface area contributed by atoms with E-state index in [1.165, 1.54) is 0 Å². The summed E-state index contributed by atoms with van der Waals surface area (Å²) in [6.07, 6.45) is 4.55. The normalized spacial score (nSPS) is 24.7. The first-order valence-electron chi connectivity index (χ1n) is 11.0. The van der Waals surface area contributed by atoms with Gasteiger partial charge in [-0.15, -0.1) is 0 Å². The van der Waals surface area contributed by atoms with Crippen LogP contribution in [-0.2, 0) is 10.0 Å². The molecule has 0 radical (unpaired) electrons. The lowest BCUT2D eigenvalue weighted by Gasteiger charge is -2.43. The van der Waals surface area contributed by atoms with Gasteiger partial charge in [-0.1, -0.05) is 12.1 Å². The summed E-state index contributed by atoms with van der Waals surface area (Å²) >= 11 is 0. The topological polar surface area (TPSA) is 95.0 Å². The first kappa shape index (κ1) is 23.1. The van der Waals surface area contributed by atoms with Crippen molar-refractivity contribution in [1.82, 2.24) is 19.5 Å². The summed E-state index contributed by atoms with van der Waals surface area (Å²) in [7, 11) is 0.238. The maximum absolute atomic E-state index is 13.1. The van der Waals surface area contributed by atoms with Crippen LogP contribution in [0, 0.1) is 5.41 Å². The Bertz CT molecular complexity index is 1020. The monoisotopic (exact) mass is 460 g/mol. The lowest BCUT2D eigenvalue weighted by atomic mass is 9.78.